The van der Waals surface area contributed by atoms with Crippen LogP contribution in [0.1, 0.15) is 30.9 Å². The molecule has 1 aliphatic rings. The van der Waals surface area contributed by atoms with E-state index in [1.54, 1.807) is 13.1 Å². The van der Waals surface area contributed by atoms with E-state index in [0.29, 0.717) is 37.1 Å². The Balaban J connectivity index is 1.43. The maximum Gasteiger partial charge on any atom is 0.221 e. The van der Waals surface area contributed by atoms with Crippen molar-refractivity contribution in [3.63, 3.8) is 0 Å². The van der Waals surface area contributed by atoms with Crippen molar-refractivity contribution in [3.8, 4) is 11.5 Å². The van der Waals surface area contributed by atoms with Crippen molar-refractivity contribution in [3.05, 3.63) is 53.6 Å². The number of aryl methyl sites for hydroxylation is 1. The lowest BCUT2D eigenvalue weighted by molar-refractivity contribution is -0.114. The van der Waals surface area contributed by atoms with Crippen LogP contribution in [0.25, 0.3) is 0 Å². The second-order valence-corrected chi connectivity index (χ2v) is 7.78. The van der Waals surface area contributed by atoms with Crippen molar-refractivity contribution < 1.29 is 14.3 Å². The molecule has 166 valence electrons. The van der Waals surface area contributed by atoms with Crippen LogP contribution in [-0.2, 0) is 11.3 Å². The predicted octanol–water partition coefficient (Wildman–Crippen LogP) is 3.49. The van der Waals surface area contributed by atoms with Crippen LogP contribution in [0.15, 0.2) is 47.5 Å². The number of aliphatic imine (C=N–C) groups is 1. The highest BCUT2D eigenvalue weighted by Crippen LogP contribution is 2.30. The Kier molecular flexibility index (Phi) is 8.15. The number of nitrogens with one attached hydrogen (secondary N) is 3. The van der Waals surface area contributed by atoms with Crippen LogP contribution >= 0.6 is 0 Å². The first-order valence-electron chi connectivity index (χ1n) is 10.7. The summed E-state index contributed by atoms with van der Waals surface area (Å²) in [5, 5.41) is 9.33. The summed E-state index contributed by atoms with van der Waals surface area (Å²) in [5.41, 5.74) is 3.02. The first-order chi connectivity index (χ1) is 15.0. The van der Waals surface area contributed by atoms with Crippen LogP contribution in [0.3, 0.4) is 0 Å². The topological polar surface area (TPSA) is 84.0 Å². The van der Waals surface area contributed by atoms with Gasteiger partial charge in [-0.3, -0.25) is 9.79 Å². The number of rotatable bonds is 10. The van der Waals surface area contributed by atoms with Crippen molar-refractivity contribution >= 4 is 17.6 Å². The van der Waals surface area contributed by atoms with Crippen LogP contribution < -0.4 is 25.4 Å². The van der Waals surface area contributed by atoms with Gasteiger partial charge in [0.25, 0.3) is 0 Å². The molecule has 0 aromatic heterocycles. The molecule has 7 nitrogen and oxygen atoms in total. The minimum absolute atomic E-state index is 0.108. The smallest absolute Gasteiger partial charge is 0.221 e. The highest BCUT2D eigenvalue weighted by molar-refractivity contribution is 5.88. The number of hydrogen-bond acceptors (Lipinski definition) is 4. The van der Waals surface area contributed by atoms with Gasteiger partial charge in [-0.1, -0.05) is 18.2 Å². The summed E-state index contributed by atoms with van der Waals surface area (Å²) in [6, 6.07) is 13.6. The third-order valence-electron chi connectivity index (χ3n) is 4.88. The maximum atomic E-state index is 11.2. The zero-order valence-electron chi connectivity index (χ0n) is 18.5. The van der Waals surface area contributed by atoms with Crippen molar-refractivity contribution in [1.29, 1.82) is 0 Å². The van der Waals surface area contributed by atoms with Crippen molar-refractivity contribution in [1.82, 2.24) is 10.6 Å². The van der Waals surface area contributed by atoms with Gasteiger partial charge in [0.15, 0.2) is 5.96 Å². The van der Waals surface area contributed by atoms with Gasteiger partial charge >= 0.3 is 0 Å². The van der Waals surface area contributed by atoms with E-state index in [9.17, 15) is 4.79 Å². The van der Waals surface area contributed by atoms with E-state index < -0.39 is 0 Å². The third-order valence-corrected chi connectivity index (χ3v) is 4.88. The van der Waals surface area contributed by atoms with Gasteiger partial charge in [0, 0.05) is 37.8 Å². The van der Waals surface area contributed by atoms with E-state index >= 15 is 0 Å². The SMILES string of the molecule is CN=C(NCCOc1cccc(NC(C)=O)c1)NCc1ccc(C)cc1OCC1CC1. The van der Waals surface area contributed by atoms with Gasteiger partial charge in [0.1, 0.15) is 18.1 Å². The fourth-order valence-electron chi connectivity index (χ4n) is 3.04. The minimum Gasteiger partial charge on any atom is -0.493 e. The molecule has 0 heterocycles. The van der Waals surface area contributed by atoms with Crippen LogP contribution in [0.4, 0.5) is 5.69 Å². The summed E-state index contributed by atoms with van der Waals surface area (Å²) >= 11 is 0. The summed E-state index contributed by atoms with van der Waals surface area (Å²) in [7, 11) is 1.74. The van der Waals surface area contributed by atoms with E-state index in [1.165, 1.54) is 25.3 Å². The van der Waals surface area contributed by atoms with Crippen LogP contribution in [-0.4, -0.2) is 38.7 Å². The molecule has 31 heavy (non-hydrogen) atoms. The Labute approximate surface area is 184 Å². The molecule has 2 aromatic rings. The Morgan fingerprint density at radius 3 is 2.71 bits per heavy atom. The fraction of sp³-hybridized carbons (Fsp3) is 0.417. The first-order valence-corrected chi connectivity index (χ1v) is 10.7. The molecule has 0 saturated heterocycles. The summed E-state index contributed by atoms with van der Waals surface area (Å²) in [4.78, 5) is 15.5. The molecule has 3 N–H and O–H groups in total. The van der Waals surface area contributed by atoms with Gasteiger partial charge in [-0.15, -0.1) is 0 Å². The molecule has 1 saturated carbocycles. The lowest BCUT2D eigenvalue weighted by atomic mass is 10.1. The standard InChI is InChI=1S/C24H32N4O3/c1-17-7-10-20(23(13-17)31-16-19-8-9-19)15-27-24(25-3)26-11-12-30-22-6-4-5-21(14-22)28-18(2)29/h4-7,10,13-14,19H,8-9,11-12,15-16H2,1-3H3,(H,28,29)(H2,25,26,27). The molecule has 1 fully saturated rings. The third kappa shape index (κ3) is 7.85. The van der Waals surface area contributed by atoms with Gasteiger partial charge in [-0.2, -0.15) is 0 Å². The van der Waals surface area contributed by atoms with E-state index in [1.807, 2.05) is 18.2 Å². The van der Waals surface area contributed by atoms with E-state index in [4.69, 9.17) is 9.47 Å². The number of nitrogens with zero attached hydrogens (tertiary/aromatic N) is 1. The first kappa shape index (κ1) is 22.5. The molecule has 3 rings (SSSR count). The average Bonchev–Trinajstić information content (AvgIpc) is 3.57. The van der Waals surface area contributed by atoms with Crippen molar-refractivity contribution in [2.75, 3.05) is 32.1 Å². The number of anilines is 1. The molecule has 0 spiro atoms. The summed E-state index contributed by atoms with van der Waals surface area (Å²) < 4.78 is 11.8. The summed E-state index contributed by atoms with van der Waals surface area (Å²) in [6.07, 6.45) is 2.55. The molecule has 0 aliphatic heterocycles. The highest BCUT2D eigenvalue weighted by Gasteiger charge is 2.22. The molecule has 0 bridgehead atoms. The predicted molar refractivity (Wildman–Crippen MR) is 124 cm³/mol. The van der Waals surface area contributed by atoms with Gasteiger partial charge in [-0.05, 0) is 49.4 Å². The molecular weight excluding hydrogens is 392 g/mol. The monoisotopic (exact) mass is 424 g/mol. The molecule has 1 aliphatic carbocycles. The Morgan fingerprint density at radius 1 is 1.13 bits per heavy atom. The van der Waals surface area contributed by atoms with Gasteiger partial charge in [-0.25, -0.2) is 0 Å². The summed E-state index contributed by atoms with van der Waals surface area (Å²) in [5.74, 6) is 2.95. The van der Waals surface area contributed by atoms with E-state index in [2.05, 4.69) is 46.1 Å². The normalized spacial score (nSPS) is 13.5. The fourth-order valence-corrected chi connectivity index (χ4v) is 3.04. The molecule has 0 unspecified atom stereocenters. The highest BCUT2D eigenvalue weighted by atomic mass is 16.5. The zero-order valence-corrected chi connectivity index (χ0v) is 18.5. The largest absolute Gasteiger partial charge is 0.493 e. The minimum atomic E-state index is -0.108. The maximum absolute atomic E-state index is 11.2. The quantitative estimate of drug-likeness (QED) is 0.309. The van der Waals surface area contributed by atoms with Gasteiger partial charge < -0.3 is 25.4 Å². The number of guanidine groups is 1. The van der Waals surface area contributed by atoms with Crippen LogP contribution in [0.5, 0.6) is 11.5 Å². The number of hydrogen-bond donors (Lipinski definition) is 3. The molecule has 1 amide bonds. The summed E-state index contributed by atoms with van der Waals surface area (Å²) in [6.45, 7) is 6.03. The van der Waals surface area contributed by atoms with E-state index in [0.717, 1.165) is 23.8 Å². The lowest BCUT2D eigenvalue weighted by Gasteiger charge is -2.16. The van der Waals surface area contributed by atoms with Crippen LogP contribution in [0, 0.1) is 12.8 Å². The second-order valence-electron chi connectivity index (χ2n) is 7.78. The number of carbonyl (C=O) groups is 1. The van der Waals surface area contributed by atoms with E-state index in [-0.39, 0.29) is 5.91 Å². The molecule has 0 atom stereocenters. The zero-order chi connectivity index (χ0) is 22.1. The Bertz CT molecular complexity index is 909. The van der Waals surface area contributed by atoms with Crippen LogP contribution in [0.2, 0.25) is 0 Å². The van der Waals surface area contributed by atoms with Gasteiger partial charge in [0.2, 0.25) is 5.91 Å². The lowest BCUT2D eigenvalue weighted by Crippen LogP contribution is -2.39. The second kappa shape index (κ2) is 11.2. The molecule has 2 aromatic carbocycles. The number of carbonyl (C=O) groups excluding carboxylic acids is 1. The molecular formula is C24H32N4O3. The Hall–Kier alpha value is -3.22. The Morgan fingerprint density at radius 2 is 1.97 bits per heavy atom. The number of ether oxygens (including phenoxy) is 2. The molecule has 0 radical (unpaired) electrons. The molecule has 7 heteroatoms. The van der Waals surface area contributed by atoms with Gasteiger partial charge in [0.05, 0.1) is 13.2 Å². The van der Waals surface area contributed by atoms with Crippen molar-refractivity contribution in [2.45, 2.75) is 33.2 Å². The average molecular weight is 425 g/mol. The number of benzene rings is 2. The number of amides is 1. The van der Waals surface area contributed by atoms with Crippen molar-refractivity contribution in [2.24, 2.45) is 10.9 Å².